The molecule has 0 aliphatic carbocycles. The van der Waals surface area contributed by atoms with Crippen LogP contribution >= 0.6 is 0 Å². The zero-order valence-electron chi connectivity index (χ0n) is 9.54. The standard InChI is InChI=1S/C12H16N2O2S/c13-10-3-1-2-9(4-10)6-14-7-11-5-12(8-14)17(11,15)16/h1-4,11-12H,5-8,13H2. The maximum atomic E-state index is 11.6. The number of nitrogen functional groups attached to an aromatic ring is 1. The summed E-state index contributed by atoms with van der Waals surface area (Å²) in [4.78, 5) is 2.22. The first-order valence-corrected chi connectivity index (χ1v) is 7.46. The Morgan fingerprint density at radius 2 is 2.00 bits per heavy atom. The summed E-state index contributed by atoms with van der Waals surface area (Å²) in [7, 11) is -2.76. The zero-order valence-corrected chi connectivity index (χ0v) is 10.4. The molecular weight excluding hydrogens is 236 g/mol. The van der Waals surface area contributed by atoms with Crippen molar-refractivity contribution in [2.75, 3.05) is 18.8 Å². The summed E-state index contributed by atoms with van der Waals surface area (Å²) in [6.07, 6.45) is 0.857. The highest BCUT2D eigenvalue weighted by atomic mass is 32.2. The smallest absolute Gasteiger partial charge is 0.158 e. The number of sulfone groups is 1. The third-order valence-corrected chi connectivity index (χ3v) is 6.28. The fourth-order valence-electron chi connectivity index (χ4n) is 2.80. The van der Waals surface area contributed by atoms with Crippen LogP contribution < -0.4 is 5.73 Å². The molecule has 3 aliphatic heterocycles. The second-order valence-electron chi connectivity index (χ2n) is 5.01. The summed E-state index contributed by atoms with van der Waals surface area (Å²) in [6.45, 7) is 2.15. The molecule has 0 spiro atoms. The van der Waals surface area contributed by atoms with Gasteiger partial charge in [0.15, 0.2) is 9.84 Å². The molecular formula is C12H16N2O2S. The van der Waals surface area contributed by atoms with Crippen molar-refractivity contribution in [2.45, 2.75) is 23.5 Å². The third-order valence-electron chi connectivity index (χ3n) is 3.74. The number of rotatable bonds is 2. The molecule has 3 aliphatic rings. The van der Waals surface area contributed by atoms with Crippen molar-refractivity contribution >= 4 is 15.5 Å². The third kappa shape index (κ3) is 1.83. The second kappa shape index (κ2) is 3.71. The molecule has 2 atom stereocenters. The quantitative estimate of drug-likeness (QED) is 0.785. The Hall–Kier alpha value is -1.07. The number of anilines is 1. The highest BCUT2D eigenvalue weighted by Gasteiger charge is 2.51. The lowest BCUT2D eigenvalue weighted by molar-refractivity contribution is 0.201. The summed E-state index contributed by atoms with van der Waals surface area (Å²) in [5, 5.41) is -0.246. The lowest BCUT2D eigenvalue weighted by Crippen LogP contribution is -2.61. The number of benzene rings is 1. The molecule has 3 heterocycles. The predicted molar refractivity (Wildman–Crippen MR) is 67.2 cm³/mol. The molecule has 0 aromatic heterocycles. The van der Waals surface area contributed by atoms with E-state index in [2.05, 4.69) is 4.90 Å². The maximum absolute atomic E-state index is 11.6. The van der Waals surface area contributed by atoms with E-state index in [1.165, 1.54) is 0 Å². The van der Waals surface area contributed by atoms with Crippen LogP contribution in [0.1, 0.15) is 12.0 Å². The lowest BCUT2D eigenvalue weighted by Gasteiger charge is -2.46. The average Bonchev–Trinajstić information content (AvgIpc) is 2.29. The maximum Gasteiger partial charge on any atom is 0.158 e. The van der Waals surface area contributed by atoms with E-state index < -0.39 is 9.84 Å². The molecule has 2 N–H and O–H groups in total. The van der Waals surface area contributed by atoms with E-state index >= 15 is 0 Å². The number of piperidine rings is 1. The lowest BCUT2D eigenvalue weighted by atomic mass is 10.1. The molecule has 3 saturated heterocycles. The first kappa shape index (κ1) is 11.0. The van der Waals surface area contributed by atoms with Crippen LogP contribution in [-0.2, 0) is 16.4 Å². The van der Waals surface area contributed by atoms with Crippen LogP contribution in [0.5, 0.6) is 0 Å². The minimum atomic E-state index is -2.76. The zero-order chi connectivity index (χ0) is 12.0. The predicted octanol–water partition coefficient (Wildman–Crippen LogP) is 0.640. The average molecular weight is 252 g/mol. The molecule has 0 amide bonds. The van der Waals surface area contributed by atoms with Gasteiger partial charge in [0.05, 0.1) is 10.5 Å². The van der Waals surface area contributed by atoms with E-state index in [9.17, 15) is 8.42 Å². The molecule has 4 nitrogen and oxygen atoms in total. The van der Waals surface area contributed by atoms with Gasteiger partial charge in [-0.3, -0.25) is 4.90 Å². The molecule has 0 saturated carbocycles. The van der Waals surface area contributed by atoms with Gasteiger partial charge in [-0.05, 0) is 24.1 Å². The number of hydrogen-bond donors (Lipinski definition) is 1. The molecule has 92 valence electrons. The number of nitrogens with two attached hydrogens (primary N) is 1. The van der Waals surface area contributed by atoms with Crippen LogP contribution in [0.25, 0.3) is 0 Å². The Morgan fingerprint density at radius 3 is 2.59 bits per heavy atom. The Kier molecular flexibility index (Phi) is 2.41. The van der Waals surface area contributed by atoms with Gasteiger partial charge >= 0.3 is 0 Å². The fourth-order valence-corrected chi connectivity index (χ4v) is 4.82. The first-order valence-electron chi connectivity index (χ1n) is 5.85. The number of fused-ring (bicyclic) bond motifs is 2. The Morgan fingerprint density at radius 1 is 1.29 bits per heavy atom. The van der Waals surface area contributed by atoms with E-state index in [0.717, 1.165) is 24.2 Å². The molecule has 4 rings (SSSR count). The van der Waals surface area contributed by atoms with Crippen molar-refractivity contribution < 1.29 is 8.42 Å². The van der Waals surface area contributed by atoms with Crippen LogP contribution in [0, 0.1) is 0 Å². The molecule has 2 unspecified atom stereocenters. The summed E-state index contributed by atoms with van der Waals surface area (Å²) in [6, 6.07) is 7.79. The van der Waals surface area contributed by atoms with E-state index in [1.807, 2.05) is 24.3 Å². The van der Waals surface area contributed by atoms with Gasteiger partial charge in [-0.1, -0.05) is 12.1 Å². The largest absolute Gasteiger partial charge is 0.399 e. The van der Waals surface area contributed by atoms with Gasteiger partial charge in [-0.2, -0.15) is 0 Å². The minimum Gasteiger partial charge on any atom is -0.399 e. The van der Waals surface area contributed by atoms with Crippen molar-refractivity contribution in [3.63, 3.8) is 0 Å². The summed E-state index contributed by atoms with van der Waals surface area (Å²) in [5.41, 5.74) is 7.65. The van der Waals surface area contributed by atoms with Crippen molar-refractivity contribution in [1.82, 2.24) is 4.90 Å². The molecule has 17 heavy (non-hydrogen) atoms. The second-order valence-corrected chi connectivity index (χ2v) is 7.52. The van der Waals surface area contributed by atoms with Crippen molar-refractivity contribution in [1.29, 1.82) is 0 Å². The molecule has 3 fully saturated rings. The van der Waals surface area contributed by atoms with Crippen LogP contribution in [0.2, 0.25) is 0 Å². The van der Waals surface area contributed by atoms with Gasteiger partial charge in [0.1, 0.15) is 0 Å². The molecule has 1 aromatic rings. The summed E-state index contributed by atoms with van der Waals surface area (Å²) >= 11 is 0. The monoisotopic (exact) mass is 252 g/mol. The van der Waals surface area contributed by atoms with E-state index in [-0.39, 0.29) is 10.5 Å². The molecule has 1 aromatic carbocycles. The minimum absolute atomic E-state index is 0.123. The Bertz CT molecular complexity index is 523. The van der Waals surface area contributed by atoms with Gasteiger partial charge < -0.3 is 5.73 Å². The van der Waals surface area contributed by atoms with E-state index in [0.29, 0.717) is 13.1 Å². The van der Waals surface area contributed by atoms with Gasteiger partial charge in [0, 0.05) is 25.3 Å². The summed E-state index contributed by atoms with van der Waals surface area (Å²) in [5.74, 6) is 0. The van der Waals surface area contributed by atoms with Crippen LogP contribution in [0.4, 0.5) is 5.69 Å². The first-order chi connectivity index (χ1) is 8.05. The van der Waals surface area contributed by atoms with E-state index in [4.69, 9.17) is 5.73 Å². The Labute approximate surface area is 101 Å². The molecule has 2 bridgehead atoms. The fraction of sp³-hybridized carbons (Fsp3) is 0.500. The van der Waals surface area contributed by atoms with Crippen LogP contribution in [-0.4, -0.2) is 36.9 Å². The number of hydrogen-bond acceptors (Lipinski definition) is 4. The SMILES string of the molecule is Nc1cccc(CN2CC3CC(C2)S3(=O)=O)c1. The topological polar surface area (TPSA) is 63.4 Å². The van der Waals surface area contributed by atoms with Gasteiger partial charge in [0.2, 0.25) is 0 Å². The molecule has 5 heteroatoms. The van der Waals surface area contributed by atoms with Gasteiger partial charge in [0.25, 0.3) is 0 Å². The summed E-state index contributed by atoms with van der Waals surface area (Å²) < 4.78 is 23.3. The van der Waals surface area contributed by atoms with Crippen molar-refractivity contribution in [2.24, 2.45) is 0 Å². The van der Waals surface area contributed by atoms with Gasteiger partial charge in [-0.25, -0.2) is 8.42 Å². The number of nitrogens with zero attached hydrogens (tertiary/aromatic N) is 1. The highest BCUT2D eigenvalue weighted by Crippen LogP contribution is 2.35. The van der Waals surface area contributed by atoms with Crippen molar-refractivity contribution in [3.05, 3.63) is 29.8 Å². The van der Waals surface area contributed by atoms with E-state index in [1.54, 1.807) is 0 Å². The van der Waals surface area contributed by atoms with Crippen LogP contribution in [0.3, 0.4) is 0 Å². The normalized spacial score (nSPS) is 30.8. The Balaban J connectivity index is 1.69. The van der Waals surface area contributed by atoms with Crippen molar-refractivity contribution in [3.8, 4) is 0 Å². The van der Waals surface area contributed by atoms with Gasteiger partial charge in [-0.15, -0.1) is 0 Å². The van der Waals surface area contributed by atoms with Crippen LogP contribution in [0.15, 0.2) is 24.3 Å². The molecule has 0 radical (unpaired) electrons. The highest BCUT2D eigenvalue weighted by molar-refractivity contribution is 7.94.